The highest BCUT2D eigenvalue weighted by Gasteiger charge is 2.04. The van der Waals surface area contributed by atoms with Crippen molar-refractivity contribution in [2.45, 2.75) is 19.3 Å². The highest BCUT2D eigenvalue weighted by atomic mass is 16.3. The normalized spacial score (nSPS) is 11.1. The molecule has 0 aliphatic rings. The summed E-state index contributed by atoms with van der Waals surface area (Å²) in [7, 11) is 0. The lowest BCUT2D eigenvalue weighted by Gasteiger charge is -2.08. The van der Waals surface area contributed by atoms with Gasteiger partial charge < -0.3 is 20.0 Å². The van der Waals surface area contributed by atoms with E-state index in [2.05, 4.69) is 33.9 Å². The molecule has 2 heterocycles. The Labute approximate surface area is 164 Å². The van der Waals surface area contributed by atoms with Gasteiger partial charge in [0.05, 0.1) is 17.9 Å². The molecule has 0 unspecified atom stereocenters. The summed E-state index contributed by atoms with van der Waals surface area (Å²) in [4.78, 5) is 3.29. The number of nitrogens with zero attached hydrogens (tertiary/aromatic N) is 1. The lowest BCUT2D eigenvalue weighted by Crippen LogP contribution is -2.23. The number of aryl methyl sites for hydroxylation is 1. The Hall–Kier alpha value is -3.23. The van der Waals surface area contributed by atoms with Gasteiger partial charge >= 0.3 is 0 Å². The SMILES string of the molecule is N#Cc1ccc2[nH]cc(CCCCNCCNc3ccc4occc4c3)c2c1. The van der Waals surface area contributed by atoms with Gasteiger partial charge in [-0.05, 0) is 73.8 Å². The fraction of sp³-hybridized carbons (Fsp3) is 0.261. The maximum Gasteiger partial charge on any atom is 0.133 e. The highest BCUT2D eigenvalue weighted by molar-refractivity contribution is 5.84. The standard InChI is InChI=1S/C23H24N4O/c24-15-17-4-6-22-21(13-17)19(16-27-22)3-1-2-9-25-10-11-26-20-5-7-23-18(14-20)8-12-28-23/h4-8,12-14,16,25-27H,1-3,9-11H2. The van der Waals surface area contributed by atoms with Crippen LogP contribution in [0.1, 0.15) is 24.0 Å². The average molecular weight is 372 g/mol. The molecule has 28 heavy (non-hydrogen) atoms. The number of benzene rings is 2. The number of anilines is 1. The first-order valence-electron chi connectivity index (χ1n) is 9.75. The van der Waals surface area contributed by atoms with E-state index in [0.29, 0.717) is 0 Å². The van der Waals surface area contributed by atoms with Crippen molar-refractivity contribution < 1.29 is 4.42 Å². The smallest absolute Gasteiger partial charge is 0.133 e. The topological polar surface area (TPSA) is 76.8 Å². The van der Waals surface area contributed by atoms with E-state index in [9.17, 15) is 0 Å². The minimum absolute atomic E-state index is 0.717. The van der Waals surface area contributed by atoms with E-state index in [1.807, 2.05) is 36.4 Å². The molecule has 0 radical (unpaired) electrons. The molecule has 0 saturated carbocycles. The van der Waals surface area contributed by atoms with Gasteiger partial charge in [0, 0.05) is 41.3 Å². The summed E-state index contributed by atoms with van der Waals surface area (Å²) < 4.78 is 5.36. The molecule has 0 spiro atoms. The zero-order valence-corrected chi connectivity index (χ0v) is 15.8. The van der Waals surface area contributed by atoms with Gasteiger partial charge in [0.15, 0.2) is 0 Å². The molecule has 4 aromatic rings. The van der Waals surface area contributed by atoms with Crippen LogP contribution in [0.3, 0.4) is 0 Å². The van der Waals surface area contributed by atoms with E-state index < -0.39 is 0 Å². The van der Waals surface area contributed by atoms with Crippen LogP contribution in [0.25, 0.3) is 21.9 Å². The van der Waals surface area contributed by atoms with Gasteiger partial charge in [0.1, 0.15) is 5.58 Å². The van der Waals surface area contributed by atoms with Gasteiger partial charge in [-0.1, -0.05) is 0 Å². The summed E-state index contributed by atoms with van der Waals surface area (Å²) in [5, 5.41) is 18.3. The number of fused-ring (bicyclic) bond motifs is 2. The molecule has 5 heteroatoms. The van der Waals surface area contributed by atoms with E-state index in [-0.39, 0.29) is 0 Å². The van der Waals surface area contributed by atoms with Crippen molar-refractivity contribution >= 4 is 27.6 Å². The first-order valence-corrected chi connectivity index (χ1v) is 9.75. The maximum absolute atomic E-state index is 9.07. The van der Waals surface area contributed by atoms with Gasteiger partial charge in [-0.25, -0.2) is 0 Å². The number of nitriles is 1. The number of aromatic nitrogens is 1. The van der Waals surface area contributed by atoms with Crippen LogP contribution >= 0.6 is 0 Å². The molecule has 3 N–H and O–H groups in total. The Morgan fingerprint density at radius 2 is 1.96 bits per heavy atom. The molecule has 0 fully saturated rings. The number of hydrogen-bond acceptors (Lipinski definition) is 4. The summed E-state index contributed by atoms with van der Waals surface area (Å²) >= 11 is 0. The zero-order chi connectivity index (χ0) is 19.2. The molecule has 2 aromatic carbocycles. The Bertz CT molecular complexity index is 1100. The number of nitrogens with one attached hydrogen (secondary N) is 3. The quantitative estimate of drug-likeness (QED) is 0.369. The lowest BCUT2D eigenvalue weighted by atomic mass is 10.1. The van der Waals surface area contributed by atoms with Crippen molar-refractivity contribution in [3.8, 4) is 6.07 Å². The second-order valence-corrected chi connectivity index (χ2v) is 6.99. The second kappa shape index (κ2) is 8.64. The Kier molecular flexibility index (Phi) is 5.60. The third-order valence-electron chi connectivity index (χ3n) is 5.03. The number of rotatable bonds is 9. The predicted molar refractivity (Wildman–Crippen MR) is 114 cm³/mol. The number of aromatic amines is 1. The van der Waals surface area contributed by atoms with Crippen LogP contribution in [-0.2, 0) is 6.42 Å². The van der Waals surface area contributed by atoms with Crippen molar-refractivity contribution in [1.29, 1.82) is 5.26 Å². The van der Waals surface area contributed by atoms with Crippen molar-refractivity contribution in [3.63, 3.8) is 0 Å². The fourth-order valence-corrected chi connectivity index (χ4v) is 3.52. The second-order valence-electron chi connectivity index (χ2n) is 6.99. The van der Waals surface area contributed by atoms with Crippen molar-refractivity contribution in [3.05, 3.63) is 66.1 Å². The van der Waals surface area contributed by atoms with Gasteiger partial charge in [0.2, 0.25) is 0 Å². The monoisotopic (exact) mass is 372 g/mol. The van der Waals surface area contributed by atoms with Gasteiger partial charge in [-0.2, -0.15) is 5.26 Å². The molecule has 0 aliphatic heterocycles. The first-order chi connectivity index (χ1) is 13.8. The minimum atomic E-state index is 0.717. The van der Waals surface area contributed by atoms with E-state index in [1.165, 1.54) is 10.9 Å². The zero-order valence-electron chi connectivity index (χ0n) is 15.8. The largest absolute Gasteiger partial charge is 0.464 e. The van der Waals surface area contributed by atoms with E-state index in [1.54, 1.807) is 6.26 Å². The Morgan fingerprint density at radius 1 is 1.00 bits per heavy atom. The number of furan rings is 1. The van der Waals surface area contributed by atoms with E-state index >= 15 is 0 Å². The van der Waals surface area contributed by atoms with Crippen LogP contribution in [0.5, 0.6) is 0 Å². The maximum atomic E-state index is 9.07. The average Bonchev–Trinajstić information content (AvgIpc) is 3.36. The fourth-order valence-electron chi connectivity index (χ4n) is 3.52. The minimum Gasteiger partial charge on any atom is -0.464 e. The third kappa shape index (κ3) is 4.19. The van der Waals surface area contributed by atoms with Crippen LogP contribution in [-0.4, -0.2) is 24.6 Å². The molecular formula is C23H24N4O. The van der Waals surface area contributed by atoms with Crippen molar-refractivity contribution in [2.24, 2.45) is 0 Å². The van der Waals surface area contributed by atoms with Crippen LogP contribution in [0, 0.1) is 11.3 Å². The molecule has 0 saturated heterocycles. The number of hydrogen-bond donors (Lipinski definition) is 3. The van der Waals surface area contributed by atoms with Crippen LogP contribution in [0.15, 0.2) is 59.3 Å². The van der Waals surface area contributed by atoms with Crippen molar-refractivity contribution in [1.82, 2.24) is 10.3 Å². The molecule has 0 bridgehead atoms. The Balaban J connectivity index is 1.14. The first kappa shape index (κ1) is 18.1. The van der Waals surface area contributed by atoms with Crippen LogP contribution in [0.2, 0.25) is 0 Å². The molecule has 0 amide bonds. The highest BCUT2D eigenvalue weighted by Crippen LogP contribution is 2.21. The molecule has 4 rings (SSSR count). The molecule has 142 valence electrons. The van der Waals surface area contributed by atoms with Crippen LogP contribution in [0.4, 0.5) is 5.69 Å². The molecule has 2 aromatic heterocycles. The van der Waals surface area contributed by atoms with Gasteiger partial charge in [-0.15, -0.1) is 0 Å². The van der Waals surface area contributed by atoms with Crippen LogP contribution < -0.4 is 10.6 Å². The number of H-pyrrole nitrogens is 1. The van der Waals surface area contributed by atoms with E-state index in [0.717, 1.165) is 66.6 Å². The summed E-state index contributed by atoms with van der Waals surface area (Å²) in [6.45, 7) is 2.83. The third-order valence-corrected chi connectivity index (χ3v) is 5.03. The van der Waals surface area contributed by atoms with E-state index in [4.69, 9.17) is 9.68 Å². The molecule has 5 nitrogen and oxygen atoms in total. The van der Waals surface area contributed by atoms with Gasteiger partial charge in [0.25, 0.3) is 0 Å². The Morgan fingerprint density at radius 3 is 2.89 bits per heavy atom. The molecule has 0 aliphatic carbocycles. The summed E-state index contributed by atoms with van der Waals surface area (Å²) in [5.74, 6) is 0. The predicted octanol–water partition coefficient (Wildman–Crippen LogP) is 4.81. The molecule has 0 atom stereocenters. The lowest BCUT2D eigenvalue weighted by molar-refractivity contribution is 0.616. The summed E-state index contributed by atoms with van der Waals surface area (Å²) in [6.07, 6.45) is 7.07. The van der Waals surface area contributed by atoms with Crippen molar-refractivity contribution in [2.75, 3.05) is 25.0 Å². The van der Waals surface area contributed by atoms with Gasteiger partial charge in [-0.3, -0.25) is 0 Å². The summed E-state index contributed by atoms with van der Waals surface area (Å²) in [6, 6.07) is 16.2. The summed E-state index contributed by atoms with van der Waals surface area (Å²) in [5.41, 5.74) is 5.15. The molecular weight excluding hydrogens is 348 g/mol. The number of unbranched alkanes of at least 4 members (excludes halogenated alkanes) is 1.